The van der Waals surface area contributed by atoms with E-state index < -0.39 is 0 Å². The first-order valence-corrected chi connectivity index (χ1v) is 6.43. The van der Waals surface area contributed by atoms with Crippen LogP contribution in [0.5, 0.6) is 0 Å². The van der Waals surface area contributed by atoms with Crippen molar-refractivity contribution in [2.24, 2.45) is 0 Å². The number of aromatic nitrogens is 1. The zero-order chi connectivity index (χ0) is 13.7. The highest BCUT2D eigenvalue weighted by molar-refractivity contribution is 5.61. The average molecular weight is 259 g/mol. The molecule has 0 radical (unpaired) electrons. The normalized spacial score (nSPS) is 10.3. The lowest BCUT2D eigenvalue weighted by atomic mass is 10.2. The minimum Gasteiger partial charge on any atom is -0.370 e. The van der Waals surface area contributed by atoms with Crippen LogP contribution in [0.2, 0.25) is 0 Å². The number of pyridine rings is 1. The molecule has 0 spiro atoms. The fourth-order valence-electron chi connectivity index (χ4n) is 1.74. The van der Waals surface area contributed by atoms with Crippen LogP contribution in [0, 0.1) is 12.7 Å². The Morgan fingerprint density at radius 2 is 1.84 bits per heavy atom. The molecule has 0 atom stereocenters. The molecule has 0 unspecified atom stereocenters. The molecule has 1 aromatic heterocycles. The van der Waals surface area contributed by atoms with Crippen LogP contribution in [-0.4, -0.2) is 11.5 Å². The van der Waals surface area contributed by atoms with Crippen molar-refractivity contribution in [2.75, 3.05) is 17.2 Å². The van der Waals surface area contributed by atoms with Gasteiger partial charge in [-0.25, -0.2) is 9.37 Å². The van der Waals surface area contributed by atoms with Crippen LogP contribution in [0.1, 0.15) is 18.9 Å². The molecule has 0 saturated carbocycles. The molecule has 0 fully saturated rings. The molecule has 0 aliphatic rings. The Bertz CT molecular complexity index is 555. The Morgan fingerprint density at radius 3 is 2.63 bits per heavy atom. The van der Waals surface area contributed by atoms with Crippen molar-refractivity contribution in [3.05, 3.63) is 47.8 Å². The minimum absolute atomic E-state index is 0.217. The summed E-state index contributed by atoms with van der Waals surface area (Å²) in [6, 6.07) is 10.7. The number of nitrogens with one attached hydrogen (secondary N) is 2. The maximum Gasteiger partial charge on any atom is 0.132 e. The number of anilines is 3. The number of nitrogens with zero attached hydrogens (tertiary/aromatic N) is 1. The van der Waals surface area contributed by atoms with Gasteiger partial charge in [-0.1, -0.05) is 19.1 Å². The first-order chi connectivity index (χ1) is 9.20. The average Bonchev–Trinajstić information content (AvgIpc) is 2.42. The van der Waals surface area contributed by atoms with E-state index in [9.17, 15) is 4.39 Å². The second-order valence-corrected chi connectivity index (χ2v) is 4.37. The lowest BCUT2D eigenvalue weighted by molar-refractivity contribution is 0.619. The van der Waals surface area contributed by atoms with E-state index in [2.05, 4.69) is 22.5 Å². The predicted octanol–water partition coefficient (Wildman–Crippen LogP) is 4.09. The fourth-order valence-corrected chi connectivity index (χ4v) is 1.74. The summed E-state index contributed by atoms with van der Waals surface area (Å²) in [5, 5.41) is 6.36. The van der Waals surface area contributed by atoms with Gasteiger partial charge in [0.15, 0.2) is 0 Å². The summed E-state index contributed by atoms with van der Waals surface area (Å²) in [5.41, 5.74) is 1.33. The highest BCUT2D eigenvalue weighted by atomic mass is 19.1. The number of benzene rings is 1. The van der Waals surface area contributed by atoms with Crippen molar-refractivity contribution < 1.29 is 4.39 Å². The molecule has 2 N–H and O–H groups in total. The fraction of sp³-hybridized carbons (Fsp3) is 0.267. The van der Waals surface area contributed by atoms with Gasteiger partial charge in [0.25, 0.3) is 0 Å². The van der Waals surface area contributed by atoms with E-state index in [1.54, 1.807) is 13.0 Å². The Morgan fingerprint density at radius 1 is 1.11 bits per heavy atom. The molecule has 19 heavy (non-hydrogen) atoms. The third-order valence-corrected chi connectivity index (χ3v) is 2.84. The molecule has 0 amide bonds. The first kappa shape index (κ1) is 13.3. The largest absolute Gasteiger partial charge is 0.370 e. The van der Waals surface area contributed by atoms with Gasteiger partial charge in [0.2, 0.25) is 0 Å². The predicted molar refractivity (Wildman–Crippen MR) is 77.4 cm³/mol. The molecule has 4 heteroatoms. The SMILES string of the molecule is CCCNc1cccc(Nc2cccc(F)c2C)n1. The highest BCUT2D eigenvalue weighted by Crippen LogP contribution is 2.21. The maximum atomic E-state index is 13.5. The zero-order valence-corrected chi connectivity index (χ0v) is 11.2. The van der Waals surface area contributed by atoms with Crippen molar-refractivity contribution in [1.82, 2.24) is 4.98 Å². The lowest BCUT2D eigenvalue weighted by Gasteiger charge is -2.11. The first-order valence-electron chi connectivity index (χ1n) is 6.43. The Labute approximate surface area is 112 Å². The minimum atomic E-state index is -0.217. The molecule has 3 nitrogen and oxygen atoms in total. The second-order valence-electron chi connectivity index (χ2n) is 4.37. The molecule has 100 valence electrons. The van der Waals surface area contributed by atoms with Gasteiger partial charge in [0, 0.05) is 17.8 Å². The summed E-state index contributed by atoms with van der Waals surface area (Å²) in [6.07, 6.45) is 1.04. The number of rotatable bonds is 5. The van der Waals surface area contributed by atoms with Crippen molar-refractivity contribution >= 4 is 17.3 Å². The third-order valence-electron chi connectivity index (χ3n) is 2.84. The number of halogens is 1. The molecule has 0 saturated heterocycles. The van der Waals surface area contributed by atoms with Crippen LogP contribution in [-0.2, 0) is 0 Å². The van der Waals surface area contributed by atoms with Crippen LogP contribution in [0.15, 0.2) is 36.4 Å². The van der Waals surface area contributed by atoms with Crippen molar-refractivity contribution in [1.29, 1.82) is 0 Å². The van der Waals surface area contributed by atoms with E-state index in [0.29, 0.717) is 11.4 Å². The monoisotopic (exact) mass is 259 g/mol. The molecule has 2 rings (SSSR count). The second kappa shape index (κ2) is 6.18. The van der Waals surface area contributed by atoms with E-state index in [-0.39, 0.29) is 5.82 Å². The summed E-state index contributed by atoms with van der Waals surface area (Å²) in [4.78, 5) is 4.43. The van der Waals surface area contributed by atoms with Crippen LogP contribution in [0.3, 0.4) is 0 Å². The topological polar surface area (TPSA) is 37.0 Å². The van der Waals surface area contributed by atoms with Crippen molar-refractivity contribution in [2.45, 2.75) is 20.3 Å². The van der Waals surface area contributed by atoms with E-state index in [0.717, 1.165) is 24.5 Å². The van der Waals surface area contributed by atoms with E-state index >= 15 is 0 Å². The molecule has 2 aromatic rings. The van der Waals surface area contributed by atoms with Crippen LogP contribution >= 0.6 is 0 Å². The summed E-state index contributed by atoms with van der Waals surface area (Å²) >= 11 is 0. The third kappa shape index (κ3) is 3.44. The van der Waals surface area contributed by atoms with E-state index in [1.165, 1.54) is 6.07 Å². The van der Waals surface area contributed by atoms with E-state index in [1.807, 2.05) is 24.3 Å². The van der Waals surface area contributed by atoms with Gasteiger partial charge >= 0.3 is 0 Å². The summed E-state index contributed by atoms with van der Waals surface area (Å²) < 4.78 is 13.5. The van der Waals surface area contributed by atoms with Gasteiger partial charge in [-0.2, -0.15) is 0 Å². The maximum absolute atomic E-state index is 13.5. The quantitative estimate of drug-likeness (QED) is 0.849. The van der Waals surface area contributed by atoms with Gasteiger partial charge in [0.1, 0.15) is 17.5 Å². The van der Waals surface area contributed by atoms with Gasteiger partial charge in [0.05, 0.1) is 0 Å². The molecule has 0 aliphatic heterocycles. The molecular formula is C15H18FN3. The lowest BCUT2D eigenvalue weighted by Crippen LogP contribution is -2.03. The summed E-state index contributed by atoms with van der Waals surface area (Å²) in [6.45, 7) is 4.73. The highest BCUT2D eigenvalue weighted by Gasteiger charge is 2.04. The smallest absolute Gasteiger partial charge is 0.132 e. The van der Waals surface area contributed by atoms with Crippen molar-refractivity contribution in [3.63, 3.8) is 0 Å². The Balaban J connectivity index is 2.16. The van der Waals surface area contributed by atoms with Crippen LogP contribution in [0.4, 0.5) is 21.7 Å². The van der Waals surface area contributed by atoms with Crippen molar-refractivity contribution in [3.8, 4) is 0 Å². The van der Waals surface area contributed by atoms with Gasteiger partial charge in [-0.15, -0.1) is 0 Å². The van der Waals surface area contributed by atoms with Gasteiger partial charge in [-0.3, -0.25) is 0 Å². The Hall–Kier alpha value is -2.10. The molecule has 0 bridgehead atoms. The molecule has 1 heterocycles. The van der Waals surface area contributed by atoms with Crippen LogP contribution in [0.25, 0.3) is 0 Å². The van der Waals surface area contributed by atoms with Crippen LogP contribution < -0.4 is 10.6 Å². The molecular weight excluding hydrogens is 241 g/mol. The number of hydrogen-bond acceptors (Lipinski definition) is 3. The summed E-state index contributed by atoms with van der Waals surface area (Å²) in [7, 11) is 0. The summed E-state index contributed by atoms with van der Waals surface area (Å²) in [5.74, 6) is 1.31. The standard InChI is InChI=1S/C15H18FN3/c1-3-10-17-14-8-5-9-15(19-14)18-13-7-4-6-12(16)11(13)2/h4-9H,3,10H2,1-2H3,(H2,17,18,19). The zero-order valence-electron chi connectivity index (χ0n) is 11.2. The van der Waals surface area contributed by atoms with Gasteiger partial charge in [-0.05, 0) is 37.6 Å². The Kier molecular flexibility index (Phi) is 4.34. The van der Waals surface area contributed by atoms with Gasteiger partial charge < -0.3 is 10.6 Å². The van der Waals surface area contributed by atoms with E-state index in [4.69, 9.17) is 0 Å². The molecule has 0 aliphatic carbocycles. The molecule has 1 aromatic carbocycles. The number of hydrogen-bond donors (Lipinski definition) is 2.